The van der Waals surface area contributed by atoms with Crippen LogP contribution in [0.1, 0.15) is 42.3 Å². The number of nitrogens with zero attached hydrogens (tertiary/aromatic N) is 1. The summed E-state index contributed by atoms with van der Waals surface area (Å²) in [5, 5.41) is 23.7. The largest absolute Gasteiger partial charge is 0.530 e. The van der Waals surface area contributed by atoms with E-state index in [2.05, 4.69) is 5.32 Å². The van der Waals surface area contributed by atoms with Crippen LogP contribution in [0.15, 0.2) is 48.5 Å². The zero-order valence-corrected chi connectivity index (χ0v) is 17.4. The van der Waals surface area contributed by atoms with Crippen LogP contribution in [0.4, 0.5) is 18.0 Å². The monoisotopic (exact) mass is 437 g/mol. The minimum atomic E-state index is -4.83. The summed E-state index contributed by atoms with van der Waals surface area (Å²) in [7, 11) is 0. The number of hydrogen-bond donors (Lipinski definition) is 2. The van der Waals surface area contributed by atoms with Gasteiger partial charge in [-0.05, 0) is 51.0 Å². The van der Waals surface area contributed by atoms with Gasteiger partial charge in [0, 0.05) is 17.6 Å². The van der Waals surface area contributed by atoms with Gasteiger partial charge in [-0.1, -0.05) is 30.3 Å². The molecule has 2 aromatic rings. The molecule has 0 aliphatic heterocycles. The fourth-order valence-electron chi connectivity index (χ4n) is 3.08. The molecule has 0 spiro atoms. The van der Waals surface area contributed by atoms with Gasteiger partial charge in [-0.3, -0.25) is 4.79 Å². The van der Waals surface area contributed by atoms with E-state index in [-0.39, 0.29) is 18.5 Å². The molecule has 9 heteroatoms. The van der Waals surface area contributed by atoms with Gasteiger partial charge in [0.25, 0.3) is 5.91 Å². The second-order valence-electron chi connectivity index (χ2n) is 8.14. The Bertz CT molecular complexity index is 925. The number of carbonyl (C=O) groups excluding carboxylic acids is 2. The van der Waals surface area contributed by atoms with Crippen LogP contribution in [-0.4, -0.2) is 40.1 Å². The zero-order chi connectivity index (χ0) is 23.4. The second kappa shape index (κ2) is 9.28. The van der Waals surface area contributed by atoms with E-state index in [0.717, 1.165) is 22.6 Å². The number of aromatic hydroxyl groups is 1. The van der Waals surface area contributed by atoms with E-state index in [4.69, 9.17) is 0 Å². The molecule has 0 saturated carbocycles. The molecule has 1 atom stereocenters. The lowest BCUT2D eigenvalue weighted by Gasteiger charge is -2.40. The van der Waals surface area contributed by atoms with Crippen LogP contribution in [0.3, 0.4) is 0 Å². The maximum absolute atomic E-state index is 13.1. The summed E-state index contributed by atoms with van der Waals surface area (Å²) in [5.74, 6) is -1.81. The Hall–Kier alpha value is -3.23. The molecule has 1 unspecified atom stereocenters. The van der Waals surface area contributed by atoms with Gasteiger partial charge in [-0.15, -0.1) is 0 Å². The van der Waals surface area contributed by atoms with Gasteiger partial charge in [0.15, 0.2) is 0 Å². The lowest BCUT2D eigenvalue weighted by molar-refractivity contribution is -0.270. The van der Waals surface area contributed by atoms with Crippen LogP contribution in [-0.2, 0) is 12.6 Å². The summed E-state index contributed by atoms with van der Waals surface area (Å²) in [6.07, 6.45) is -6.01. The van der Waals surface area contributed by atoms with Gasteiger partial charge in [0.05, 0.1) is 11.6 Å². The summed E-state index contributed by atoms with van der Waals surface area (Å²) >= 11 is 0. The van der Waals surface area contributed by atoms with Crippen LogP contribution in [0.5, 0.6) is 5.75 Å². The Kier molecular flexibility index (Phi) is 7.20. The van der Waals surface area contributed by atoms with Gasteiger partial charge < -0.3 is 25.2 Å². The van der Waals surface area contributed by atoms with E-state index in [9.17, 15) is 33.0 Å². The topological polar surface area (TPSA) is 92.7 Å². The molecule has 0 heterocycles. The van der Waals surface area contributed by atoms with Crippen LogP contribution in [0.2, 0.25) is 0 Å². The average Bonchev–Trinajstić information content (AvgIpc) is 2.64. The third-order valence-electron chi connectivity index (χ3n) is 4.66. The van der Waals surface area contributed by atoms with E-state index in [1.54, 1.807) is 51.1 Å². The average molecular weight is 437 g/mol. The number of carbonyl (C=O) groups is 2. The fraction of sp³-hybridized carbons (Fsp3) is 0.364. The normalized spacial score (nSPS) is 12.8. The minimum absolute atomic E-state index is 0.128. The highest BCUT2D eigenvalue weighted by Gasteiger charge is 2.35. The van der Waals surface area contributed by atoms with Crippen molar-refractivity contribution >= 4 is 12.0 Å². The molecule has 2 rings (SSSR count). The molecule has 0 aromatic heterocycles. The maximum Gasteiger partial charge on any atom is 0.419 e. The fourth-order valence-corrected chi connectivity index (χ4v) is 3.08. The van der Waals surface area contributed by atoms with Crippen LogP contribution in [0, 0.1) is 0 Å². The number of halogens is 3. The molecule has 0 bridgehead atoms. The number of phenols is 1. The number of carboxylic acid groups (broad SMARTS) is 1. The number of alkyl halides is 3. The number of phenolic OH excluding ortho intramolecular Hbond substituents is 1. The highest BCUT2D eigenvalue weighted by Crippen LogP contribution is 2.36. The molecule has 168 valence electrons. The van der Waals surface area contributed by atoms with Gasteiger partial charge in [-0.2, -0.15) is 13.2 Å². The van der Waals surface area contributed by atoms with Gasteiger partial charge in [0.2, 0.25) is 0 Å². The number of hydrogen-bond acceptors (Lipinski definition) is 4. The van der Waals surface area contributed by atoms with Crippen LogP contribution >= 0.6 is 0 Å². The van der Waals surface area contributed by atoms with E-state index < -0.39 is 41.1 Å². The van der Waals surface area contributed by atoms with Crippen LogP contribution < -0.4 is 10.4 Å². The molecule has 2 N–H and O–H groups in total. The molecule has 0 radical (unpaired) electrons. The third kappa shape index (κ3) is 6.63. The van der Waals surface area contributed by atoms with Crippen molar-refractivity contribution in [2.75, 3.05) is 6.54 Å². The number of amides is 2. The van der Waals surface area contributed by atoms with Crippen molar-refractivity contribution in [3.8, 4) is 5.75 Å². The van der Waals surface area contributed by atoms with Gasteiger partial charge in [-0.25, -0.2) is 0 Å². The number of rotatable bonds is 6. The summed E-state index contributed by atoms with van der Waals surface area (Å²) in [6.45, 7) is 4.87. The summed E-state index contributed by atoms with van der Waals surface area (Å²) in [6, 6.07) is 10.6. The second-order valence-corrected chi connectivity index (χ2v) is 8.14. The molecule has 0 fully saturated rings. The quantitative estimate of drug-likeness (QED) is 0.726. The third-order valence-corrected chi connectivity index (χ3v) is 4.66. The maximum atomic E-state index is 13.1. The molecular weight excluding hydrogens is 413 g/mol. The summed E-state index contributed by atoms with van der Waals surface area (Å²) in [5.41, 5.74) is -1.65. The zero-order valence-electron chi connectivity index (χ0n) is 17.4. The Morgan fingerprint density at radius 1 is 1.10 bits per heavy atom. The van der Waals surface area contributed by atoms with E-state index in [1.165, 1.54) is 0 Å². The van der Waals surface area contributed by atoms with Crippen LogP contribution in [0.25, 0.3) is 0 Å². The summed E-state index contributed by atoms with van der Waals surface area (Å²) < 4.78 is 39.2. The standard InChI is InChI=1S/C22H25F3N2O4/c1-21(2,3)27(20(30)31)13-16(11-14-7-5-4-6-8-14)26-19(29)15-9-10-18(28)17(12-15)22(23,24)25/h4-10,12,16,28H,11,13H2,1-3H3,(H,26,29)(H,30,31)/p-1. The molecule has 0 saturated heterocycles. The predicted octanol–water partition coefficient (Wildman–Crippen LogP) is 3.20. The minimum Gasteiger partial charge on any atom is -0.530 e. The molecule has 2 aromatic carbocycles. The lowest BCUT2D eigenvalue weighted by atomic mass is 10.0. The summed E-state index contributed by atoms with van der Waals surface area (Å²) in [4.78, 5) is 25.4. The van der Waals surface area contributed by atoms with Crippen molar-refractivity contribution in [3.05, 3.63) is 65.2 Å². The first kappa shape index (κ1) is 24.0. The molecular formula is C22H24F3N2O4-. The van der Waals surface area contributed by atoms with E-state index >= 15 is 0 Å². The highest BCUT2D eigenvalue weighted by molar-refractivity contribution is 5.94. The molecule has 2 amide bonds. The number of nitrogens with one attached hydrogen (secondary N) is 1. The van der Waals surface area contributed by atoms with Crippen molar-refractivity contribution in [1.82, 2.24) is 10.2 Å². The first-order valence-corrected chi connectivity index (χ1v) is 9.52. The molecule has 0 aliphatic carbocycles. The van der Waals surface area contributed by atoms with Crippen molar-refractivity contribution in [3.63, 3.8) is 0 Å². The Labute approximate surface area is 178 Å². The molecule has 0 aliphatic rings. The van der Waals surface area contributed by atoms with E-state index in [0.29, 0.717) is 6.07 Å². The lowest BCUT2D eigenvalue weighted by Crippen LogP contribution is -2.57. The Morgan fingerprint density at radius 2 is 1.71 bits per heavy atom. The smallest absolute Gasteiger partial charge is 0.419 e. The van der Waals surface area contributed by atoms with Crippen molar-refractivity contribution in [2.45, 2.75) is 44.9 Å². The predicted molar refractivity (Wildman–Crippen MR) is 106 cm³/mol. The van der Waals surface area contributed by atoms with E-state index in [1.807, 2.05) is 0 Å². The Balaban J connectivity index is 2.32. The highest BCUT2D eigenvalue weighted by atomic mass is 19.4. The first-order chi connectivity index (χ1) is 14.3. The van der Waals surface area contributed by atoms with Crippen molar-refractivity contribution in [1.29, 1.82) is 0 Å². The van der Waals surface area contributed by atoms with Crippen molar-refractivity contribution in [2.24, 2.45) is 0 Å². The van der Waals surface area contributed by atoms with Gasteiger partial charge >= 0.3 is 6.18 Å². The SMILES string of the molecule is CC(C)(C)N(CC(Cc1ccccc1)NC(=O)c1ccc(O)c(C(F)(F)F)c1)C(=O)[O-]. The number of benzene rings is 2. The Morgan fingerprint density at radius 3 is 2.23 bits per heavy atom. The first-order valence-electron chi connectivity index (χ1n) is 9.52. The van der Waals surface area contributed by atoms with Crippen molar-refractivity contribution < 1.29 is 33.0 Å². The molecule has 31 heavy (non-hydrogen) atoms. The van der Waals surface area contributed by atoms with Gasteiger partial charge in [0.1, 0.15) is 11.8 Å². The molecule has 6 nitrogen and oxygen atoms in total.